The quantitative estimate of drug-likeness (QED) is 0.678. The molecule has 2 rings (SSSR count). The third-order valence-electron chi connectivity index (χ3n) is 3.64. The molecule has 1 unspecified atom stereocenters. The SMILES string of the molecule is CCOCCc1ccc(OCC2CC2)c(C(N)CN)c1. The Bertz CT molecular complexity index is 419. The van der Waals surface area contributed by atoms with Crippen LogP contribution in [0.15, 0.2) is 18.2 Å². The van der Waals surface area contributed by atoms with Gasteiger partial charge in [-0.3, -0.25) is 0 Å². The Hall–Kier alpha value is -1.10. The van der Waals surface area contributed by atoms with Crippen molar-refractivity contribution in [3.05, 3.63) is 29.3 Å². The molecule has 1 aromatic carbocycles. The molecule has 4 nitrogen and oxygen atoms in total. The van der Waals surface area contributed by atoms with Gasteiger partial charge in [-0.15, -0.1) is 0 Å². The molecule has 0 heterocycles. The maximum Gasteiger partial charge on any atom is 0.124 e. The van der Waals surface area contributed by atoms with Crippen LogP contribution in [0, 0.1) is 5.92 Å². The summed E-state index contributed by atoms with van der Waals surface area (Å²) in [5, 5.41) is 0. The largest absolute Gasteiger partial charge is 0.493 e. The fourth-order valence-corrected chi connectivity index (χ4v) is 2.13. The second-order valence-corrected chi connectivity index (χ2v) is 5.42. The van der Waals surface area contributed by atoms with E-state index in [9.17, 15) is 0 Å². The summed E-state index contributed by atoms with van der Waals surface area (Å²) in [5.41, 5.74) is 14.0. The van der Waals surface area contributed by atoms with Crippen LogP contribution in [0.5, 0.6) is 5.75 Å². The fraction of sp³-hybridized carbons (Fsp3) is 0.625. The molecule has 0 radical (unpaired) electrons. The van der Waals surface area contributed by atoms with Crippen LogP contribution in [0.25, 0.3) is 0 Å². The average Bonchev–Trinajstić information content (AvgIpc) is 3.29. The van der Waals surface area contributed by atoms with Crippen LogP contribution in [-0.4, -0.2) is 26.4 Å². The summed E-state index contributed by atoms with van der Waals surface area (Å²) in [4.78, 5) is 0. The van der Waals surface area contributed by atoms with Crippen LogP contribution in [-0.2, 0) is 11.2 Å². The molecule has 1 aromatic rings. The molecular formula is C16H26N2O2. The highest BCUT2D eigenvalue weighted by molar-refractivity contribution is 5.39. The molecule has 4 heteroatoms. The number of hydrogen-bond acceptors (Lipinski definition) is 4. The van der Waals surface area contributed by atoms with E-state index >= 15 is 0 Å². The molecular weight excluding hydrogens is 252 g/mol. The van der Waals surface area contributed by atoms with Crippen LogP contribution in [0.4, 0.5) is 0 Å². The van der Waals surface area contributed by atoms with Crippen molar-refractivity contribution in [1.29, 1.82) is 0 Å². The molecule has 1 aliphatic carbocycles. The zero-order valence-corrected chi connectivity index (χ0v) is 12.3. The summed E-state index contributed by atoms with van der Waals surface area (Å²) in [6.07, 6.45) is 3.45. The van der Waals surface area contributed by atoms with Gasteiger partial charge in [0.25, 0.3) is 0 Å². The Morgan fingerprint density at radius 1 is 1.35 bits per heavy atom. The Morgan fingerprint density at radius 3 is 2.80 bits per heavy atom. The monoisotopic (exact) mass is 278 g/mol. The minimum absolute atomic E-state index is 0.170. The molecule has 1 aliphatic rings. The average molecular weight is 278 g/mol. The van der Waals surface area contributed by atoms with E-state index in [0.29, 0.717) is 6.54 Å². The first-order valence-corrected chi connectivity index (χ1v) is 7.53. The lowest BCUT2D eigenvalue weighted by molar-refractivity contribution is 0.151. The van der Waals surface area contributed by atoms with Crippen molar-refractivity contribution < 1.29 is 9.47 Å². The maximum atomic E-state index is 6.10. The highest BCUT2D eigenvalue weighted by Crippen LogP contribution is 2.31. The molecule has 0 aromatic heterocycles. The van der Waals surface area contributed by atoms with E-state index in [-0.39, 0.29) is 6.04 Å². The molecule has 0 aliphatic heterocycles. The number of benzene rings is 1. The third kappa shape index (κ3) is 4.47. The lowest BCUT2D eigenvalue weighted by Gasteiger charge is -2.17. The lowest BCUT2D eigenvalue weighted by atomic mass is 10.0. The van der Waals surface area contributed by atoms with Crippen LogP contribution >= 0.6 is 0 Å². The summed E-state index contributed by atoms with van der Waals surface area (Å²) in [7, 11) is 0. The summed E-state index contributed by atoms with van der Waals surface area (Å²) in [6.45, 7) is 4.70. The number of rotatable bonds is 9. The molecule has 1 fully saturated rings. The first kappa shape index (κ1) is 15.3. The van der Waals surface area contributed by atoms with Crippen molar-refractivity contribution in [3.63, 3.8) is 0 Å². The van der Waals surface area contributed by atoms with Crippen LogP contribution in [0.2, 0.25) is 0 Å². The highest BCUT2D eigenvalue weighted by Gasteiger charge is 2.23. The van der Waals surface area contributed by atoms with Crippen molar-refractivity contribution in [2.24, 2.45) is 17.4 Å². The first-order valence-electron chi connectivity index (χ1n) is 7.53. The Labute approximate surface area is 121 Å². The summed E-state index contributed by atoms with van der Waals surface area (Å²) in [6, 6.07) is 6.05. The minimum Gasteiger partial charge on any atom is -0.493 e. The first-order chi connectivity index (χ1) is 9.74. The fourth-order valence-electron chi connectivity index (χ4n) is 2.13. The van der Waals surface area contributed by atoms with Gasteiger partial charge in [-0.1, -0.05) is 12.1 Å². The van der Waals surface area contributed by atoms with Crippen molar-refractivity contribution in [1.82, 2.24) is 0 Å². The van der Waals surface area contributed by atoms with Gasteiger partial charge in [0, 0.05) is 24.8 Å². The van der Waals surface area contributed by atoms with Gasteiger partial charge in [0.1, 0.15) is 5.75 Å². The van der Waals surface area contributed by atoms with E-state index in [1.54, 1.807) is 0 Å². The molecule has 4 N–H and O–H groups in total. The van der Waals surface area contributed by atoms with Gasteiger partial charge in [0.15, 0.2) is 0 Å². The van der Waals surface area contributed by atoms with Crippen molar-refractivity contribution in [2.75, 3.05) is 26.4 Å². The minimum atomic E-state index is -0.170. The molecule has 0 amide bonds. The Kier molecular flexibility index (Phi) is 5.83. The van der Waals surface area contributed by atoms with Crippen LogP contribution < -0.4 is 16.2 Å². The highest BCUT2D eigenvalue weighted by atomic mass is 16.5. The van der Waals surface area contributed by atoms with Crippen LogP contribution in [0.3, 0.4) is 0 Å². The van der Waals surface area contributed by atoms with Gasteiger partial charge in [-0.25, -0.2) is 0 Å². The standard InChI is InChI=1S/C16H26N2O2/c1-2-19-8-7-12-5-6-16(20-11-13-3-4-13)14(9-12)15(18)10-17/h5-6,9,13,15H,2-4,7-8,10-11,17-18H2,1H3. The van der Waals surface area contributed by atoms with E-state index in [4.69, 9.17) is 20.9 Å². The van der Waals surface area contributed by atoms with E-state index in [0.717, 1.165) is 43.5 Å². The lowest BCUT2D eigenvalue weighted by Crippen LogP contribution is -2.22. The predicted octanol–water partition coefficient (Wildman–Crippen LogP) is 2.01. The third-order valence-corrected chi connectivity index (χ3v) is 3.64. The van der Waals surface area contributed by atoms with Gasteiger partial charge in [-0.05, 0) is 43.7 Å². The van der Waals surface area contributed by atoms with E-state index in [1.807, 2.05) is 13.0 Å². The molecule has 1 atom stereocenters. The molecule has 1 saturated carbocycles. The molecule has 20 heavy (non-hydrogen) atoms. The number of nitrogens with two attached hydrogens (primary N) is 2. The number of ether oxygens (including phenoxy) is 2. The molecule has 0 bridgehead atoms. The maximum absolute atomic E-state index is 6.10. The van der Waals surface area contributed by atoms with E-state index in [2.05, 4.69) is 12.1 Å². The smallest absolute Gasteiger partial charge is 0.124 e. The zero-order chi connectivity index (χ0) is 14.4. The summed E-state index contributed by atoms with van der Waals surface area (Å²) >= 11 is 0. The second kappa shape index (κ2) is 7.62. The van der Waals surface area contributed by atoms with Crippen molar-refractivity contribution >= 4 is 0 Å². The van der Waals surface area contributed by atoms with E-state index < -0.39 is 0 Å². The molecule has 112 valence electrons. The normalized spacial score (nSPS) is 16.1. The van der Waals surface area contributed by atoms with Crippen LogP contribution in [0.1, 0.15) is 36.9 Å². The Morgan fingerprint density at radius 2 is 2.15 bits per heavy atom. The topological polar surface area (TPSA) is 70.5 Å². The van der Waals surface area contributed by atoms with Gasteiger partial charge >= 0.3 is 0 Å². The Balaban J connectivity index is 2.04. The zero-order valence-electron chi connectivity index (χ0n) is 12.3. The second-order valence-electron chi connectivity index (χ2n) is 5.42. The number of hydrogen-bond donors (Lipinski definition) is 2. The van der Waals surface area contributed by atoms with Crippen molar-refractivity contribution in [3.8, 4) is 5.75 Å². The van der Waals surface area contributed by atoms with Gasteiger partial charge in [0.05, 0.1) is 13.2 Å². The molecule has 0 saturated heterocycles. The molecule has 0 spiro atoms. The van der Waals surface area contributed by atoms with Gasteiger partial charge in [0.2, 0.25) is 0 Å². The predicted molar refractivity (Wildman–Crippen MR) is 80.8 cm³/mol. The van der Waals surface area contributed by atoms with Gasteiger partial charge in [-0.2, -0.15) is 0 Å². The van der Waals surface area contributed by atoms with Gasteiger partial charge < -0.3 is 20.9 Å². The summed E-state index contributed by atoms with van der Waals surface area (Å²) in [5.74, 6) is 1.62. The van der Waals surface area contributed by atoms with E-state index in [1.165, 1.54) is 18.4 Å². The van der Waals surface area contributed by atoms with Crippen molar-refractivity contribution in [2.45, 2.75) is 32.2 Å². The summed E-state index contributed by atoms with van der Waals surface area (Å²) < 4.78 is 11.3.